The second-order valence-corrected chi connectivity index (χ2v) is 8.90. The SMILES string of the molecule is NC1=NC2CC(c3c(Cl)cccc31)n1c2nc2ccc(OS(=O)(=O)C(F)(F)F)cc21. The van der Waals surface area contributed by atoms with E-state index in [0.29, 0.717) is 39.7 Å². The smallest absolute Gasteiger partial charge is 0.383 e. The highest BCUT2D eigenvalue weighted by Gasteiger charge is 2.48. The molecule has 2 bridgehead atoms. The van der Waals surface area contributed by atoms with Crippen molar-refractivity contribution < 1.29 is 25.8 Å². The standard InChI is InChI=1S/C18H12ClF3N4O3S/c19-10-3-1-2-9-15(10)14-7-12(24-16(9)23)17-25-11-5-4-8(6-13(11)26(14)17)29-30(27,28)18(20,21)22/h1-6,12,14H,7H2,(H2,23,24). The minimum absolute atomic E-state index is 0.321. The van der Waals surface area contributed by atoms with Gasteiger partial charge in [-0.25, -0.2) is 4.98 Å². The lowest BCUT2D eigenvalue weighted by atomic mass is 9.98. The number of rotatable bonds is 2. The Morgan fingerprint density at radius 3 is 2.73 bits per heavy atom. The number of aliphatic imine (C=N–C) groups is 1. The van der Waals surface area contributed by atoms with Gasteiger partial charge in [0.05, 0.1) is 17.1 Å². The van der Waals surface area contributed by atoms with Gasteiger partial charge >= 0.3 is 15.6 Å². The number of alkyl halides is 3. The molecular weight excluding hydrogens is 445 g/mol. The van der Waals surface area contributed by atoms with Crippen LogP contribution in [0.2, 0.25) is 5.02 Å². The van der Waals surface area contributed by atoms with Crippen LogP contribution in [-0.4, -0.2) is 29.3 Å². The van der Waals surface area contributed by atoms with Crippen LogP contribution in [-0.2, 0) is 10.1 Å². The average Bonchev–Trinajstić information content (AvgIpc) is 3.13. The Labute approximate surface area is 173 Å². The van der Waals surface area contributed by atoms with E-state index in [1.807, 2.05) is 0 Å². The molecule has 3 heterocycles. The van der Waals surface area contributed by atoms with Crippen molar-refractivity contribution in [2.45, 2.75) is 24.0 Å². The van der Waals surface area contributed by atoms with E-state index in [0.717, 1.165) is 11.6 Å². The minimum atomic E-state index is -5.79. The summed E-state index contributed by atoms with van der Waals surface area (Å²) < 4.78 is 66.9. The molecule has 2 aliphatic rings. The third kappa shape index (κ3) is 2.68. The molecule has 12 heteroatoms. The first-order valence-electron chi connectivity index (χ1n) is 8.71. The molecule has 5 rings (SSSR count). The van der Waals surface area contributed by atoms with Crippen LogP contribution < -0.4 is 9.92 Å². The van der Waals surface area contributed by atoms with Crippen LogP contribution in [0.1, 0.15) is 35.5 Å². The van der Waals surface area contributed by atoms with Crippen molar-refractivity contribution in [2.24, 2.45) is 10.7 Å². The predicted molar refractivity (Wildman–Crippen MR) is 103 cm³/mol. The van der Waals surface area contributed by atoms with E-state index < -0.39 is 21.4 Å². The summed E-state index contributed by atoms with van der Waals surface area (Å²) in [6.07, 6.45) is 0.516. The summed E-state index contributed by atoms with van der Waals surface area (Å²) in [6.45, 7) is 0. The summed E-state index contributed by atoms with van der Waals surface area (Å²) in [6, 6.07) is 8.32. The summed E-state index contributed by atoms with van der Waals surface area (Å²) in [4.78, 5) is 9.08. The predicted octanol–water partition coefficient (Wildman–Crippen LogP) is 3.67. The van der Waals surface area contributed by atoms with Gasteiger partial charge in [-0.3, -0.25) is 4.99 Å². The molecule has 0 fully saturated rings. The van der Waals surface area contributed by atoms with Gasteiger partial charge in [0.15, 0.2) is 0 Å². The van der Waals surface area contributed by atoms with Crippen molar-refractivity contribution in [3.63, 3.8) is 0 Å². The molecule has 30 heavy (non-hydrogen) atoms. The van der Waals surface area contributed by atoms with Crippen molar-refractivity contribution >= 4 is 38.6 Å². The molecule has 2 unspecified atom stereocenters. The highest BCUT2D eigenvalue weighted by molar-refractivity contribution is 7.88. The highest BCUT2D eigenvalue weighted by Crippen LogP contribution is 2.48. The molecule has 2 aliphatic heterocycles. The third-order valence-corrected chi connectivity index (χ3v) is 6.50. The summed E-state index contributed by atoms with van der Waals surface area (Å²) in [5.41, 5.74) is 2.89. The largest absolute Gasteiger partial charge is 0.534 e. The Morgan fingerprint density at radius 2 is 2.00 bits per heavy atom. The van der Waals surface area contributed by atoms with Gasteiger partial charge in [0.25, 0.3) is 0 Å². The van der Waals surface area contributed by atoms with Gasteiger partial charge in [-0.2, -0.15) is 21.6 Å². The Bertz CT molecular complexity index is 1350. The molecule has 2 N–H and O–H groups in total. The number of nitrogens with zero attached hydrogens (tertiary/aromatic N) is 3. The Hall–Kier alpha value is -2.79. The van der Waals surface area contributed by atoms with Gasteiger partial charge in [-0.05, 0) is 18.2 Å². The number of benzene rings is 2. The van der Waals surface area contributed by atoms with E-state index in [2.05, 4.69) is 14.2 Å². The van der Waals surface area contributed by atoms with E-state index in [-0.39, 0.29) is 12.1 Å². The molecule has 2 aromatic carbocycles. The van der Waals surface area contributed by atoms with Gasteiger partial charge in [0.2, 0.25) is 0 Å². The van der Waals surface area contributed by atoms with Crippen molar-refractivity contribution in [2.75, 3.05) is 0 Å². The maximum absolute atomic E-state index is 12.7. The molecule has 0 saturated heterocycles. The summed E-state index contributed by atoms with van der Waals surface area (Å²) >= 11 is 6.45. The molecular formula is C18H12ClF3N4O3S. The van der Waals surface area contributed by atoms with Crippen LogP contribution in [0.3, 0.4) is 0 Å². The molecule has 0 aliphatic carbocycles. The zero-order valence-corrected chi connectivity index (χ0v) is 16.5. The van der Waals surface area contributed by atoms with Gasteiger partial charge in [-0.1, -0.05) is 23.7 Å². The number of hydrogen-bond acceptors (Lipinski definition) is 6. The van der Waals surface area contributed by atoms with Crippen LogP contribution in [0.25, 0.3) is 11.0 Å². The van der Waals surface area contributed by atoms with E-state index in [4.69, 9.17) is 17.3 Å². The number of amidine groups is 1. The van der Waals surface area contributed by atoms with E-state index in [9.17, 15) is 21.6 Å². The quantitative estimate of drug-likeness (QED) is 0.468. The van der Waals surface area contributed by atoms with E-state index in [1.165, 1.54) is 12.1 Å². The fraction of sp³-hybridized carbons (Fsp3) is 0.222. The zero-order valence-electron chi connectivity index (χ0n) is 14.9. The number of nitrogens with two attached hydrogens (primary N) is 1. The first-order chi connectivity index (χ1) is 14.1. The Morgan fingerprint density at radius 1 is 1.23 bits per heavy atom. The number of imidazole rings is 1. The first-order valence-corrected chi connectivity index (χ1v) is 10.5. The van der Waals surface area contributed by atoms with Crippen LogP contribution in [0.5, 0.6) is 5.75 Å². The van der Waals surface area contributed by atoms with Crippen molar-refractivity contribution in [1.82, 2.24) is 9.55 Å². The summed E-state index contributed by atoms with van der Waals surface area (Å²) in [5.74, 6) is 0.433. The Kier molecular flexibility index (Phi) is 3.91. The second-order valence-electron chi connectivity index (χ2n) is 6.96. The van der Waals surface area contributed by atoms with Crippen molar-refractivity contribution in [1.29, 1.82) is 0 Å². The van der Waals surface area contributed by atoms with Gasteiger partial charge in [0, 0.05) is 28.6 Å². The minimum Gasteiger partial charge on any atom is -0.383 e. The lowest BCUT2D eigenvalue weighted by Crippen LogP contribution is -2.28. The summed E-state index contributed by atoms with van der Waals surface area (Å²) in [5, 5.41) is 0.470. The van der Waals surface area contributed by atoms with Gasteiger partial charge in [-0.15, -0.1) is 0 Å². The molecule has 0 radical (unpaired) electrons. The highest BCUT2D eigenvalue weighted by atomic mass is 35.5. The van der Waals surface area contributed by atoms with E-state index >= 15 is 0 Å². The summed E-state index contributed by atoms with van der Waals surface area (Å²) in [7, 11) is -5.79. The van der Waals surface area contributed by atoms with Gasteiger partial charge < -0.3 is 14.5 Å². The normalized spacial score (nSPS) is 20.5. The molecule has 0 amide bonds. The van der Waals surface area contributed by atoms with Crippen molar-refractivity contribution in [3.05, 3.63) is 58.4 Å². The fourth-order valence-electron chi connectivity index (χ4n) is 4.00. The lowest BCUT2D eigenvalue weighted by molar-refractivity contribution is -0.0500. The number of halogens is 4. The van der Waals surface area contributed by atoms with Gasteiger partial charge in [0.1, 0.15) is 23.5 Å². The molecule has 1 aromatic heterocycles. The Balaban J connectivity index is 1.69. The third-order valence-electron chi connectivity index (χ3n) is 5.19. The number of aromatic nitrogens is 2. The topological polar surface area (TPSA) is 99.6 Å². The van der Waals surface area contributed by atoms with Crippen molar-refractivity contribution in [3.8, 4) is 5.75 Å². The zero-order chi connectivity index (χ0) is 21.4. The maximum atomic E-state index is 12.7. The molecule has 156 valence electrons. The molecule has 3 aromatic rings. The molecule has 0 saturated carbocycles. The van der Waals surface area contributed by atoms with E-state index in [1.54, 1.807) is 22.8 Å². The average molecular weight is 457 g/mol. The monoisotopic (exact) mass is 456 g/mol. The second kappa shape index (κ2) is 6.11. The van der Waals surface area contributed by atoms with Crippen LogP contribution in [0, 0.1) is 0 Å². The molecule has 7 nitrogen and oxygen atoms in total. The molecule has 0 spiro atoms. The lowest BCUT2D eigenvalue weighted by Gasteiger charge is -2.19. The first kappa shape index (κ1) is 19.2. The number of hydrogen-bond donors (Lipinski definition) is 1. The van der Waals surface area contributed by atoms with Crippen LogP contribution in [0.4, 0.5) is 13.2 Å². The fourth-order valence-corrected chi connectivity index (χ4v) is 4.75. The van der Waals surface area contributed by atoms with Crippen LogP contribution in [0.15, 0.2) is 41.4 Å². The number of fused-ring (bicyclic) bond motifs is 9. The maximum Gasteiger partial charge on any atom is 0.534 e. The molecule has 2 atom stereocenters. The van der Waals surface area contributed by atoms with Crippen LogP contribution >= 0.6 is 11.6 Å².